The molecule has 0 spiro atoms. The van der Waals surface area contributed by atoms with Crippen LogP contribution in [0.3, 0.4) is 0 Å². The molecule has 0 aliphatic carbocycles. The molecule has 168 valence electrons. The van der Waals surface area contributed by atoms with E-state index in [4.69, 9.17) is 9.72 Å². The van der Waals surface area contributed by atoms with E-state index in [-0.39, 0.29) is 0 Å². The first-order valence-corrected chi connectivity index (χ1v) is 11.6. The molecule has 0 bridgehead atoms. The predicted octanol–water partition coefficient (Wildman–Crippen LogP) is 2.47. The molecule has 0 radical (unpaired) electrons. The molecule has 2 fully saturated rings. The summed E-state index contributed by atoms with van der Waals surface area (Å²) in [4.78, 5) is 21.3. The van der Waals surface area contributed by atoms with Crippen LogP contribution in [0.5, 0.6) is 0 Å². The number of likely N-dealkylation sites (N-methyl/N-ethyl adjacent to an activating group) is 1. The van der Waals surface area contributed by atoms with Crippen LogP contribution in [0.4, 0.5) is 5.95 Å². The molecule has 2 saturated heterocycles. The van der Waals surface area contributed by atoms with Gasteiger partial charge in [-0.25, -0.2) is 9.97 Å². The van der Waals surface area contributed by atoms with Crippen molar-refractivity contribution in [1.29, 1.82) is 0 Å². The molecule has 0 N–H and O–H groups in total. The van der Waals surface area contributed by atoms with Crippen molar-refractivity contribution in [2.45, 2.75) is 13.0 Å². The minimum Gasteiger partial charge on any atom is -0.378 e. The molecular formula is C25H32N6O. The summed E-state index contributed by atoms with van der Waals surface area (Å²) < 4.78 is 5.47. The molecule has 2 aromatic heterocycles. The van der Waals surface area contributed by atoms with E-state index in [2.05, 4.69) is 62.0 Å². The Kier molecular flexibility index (Phi) is 6.57. The number of morpholine rings is 1. The molecule has 7 nitrogen and oxygen atoms in total. The lowest BCUT2D eigenvalue weighted by Gasteiger charge is -2.27. The van der Waals surface area contributed by atoms with Crippen molar-refractivity contribution in [3.05, 3.63) is 60.0 Å². The fourth-order valence-electron chi connectivity index (χ4n) is 4.89. The lowest BCUT2D eigenvalue weighted by molar-refractivity contribution is 0.122. The standard InChI is InChI=1S/C25H32N6O/c1-29-10-11-30(19-23-7-9-27-25(28-23)31-12-14-32-15-13-31)18-20(17-29)16-22-5-2-4-21-6-3-8-26-24(21)22/h2-9,20H,10-19H2,1H3/t20-/m1/s1. The van der Waals surface area contributed by atoms with E-state index in [1.807, 2.05) is 18.5 Å². The topological polar surface area (TPSA) is 57.6 Å². The maximum atomic E-state index is 5.47. The molecule has 2 aliphatic heterocycles. The van der Waals surface area contributed by atoms with Gasteiger partial charge in [0.15, 0.2) is 0 Å². The zero-order valence-corrected chi connectivity index (χ0v) is 18.9. The van der Waals surface area contributed by atoms with Gasteiger partial charge >= 0.3 is 0 Å². The van der Waals surface area contributed by atoms with Crippen molar-refractivity contribution in [3.63, 3.8) is 0 Å². The van der Waals surface area contributed by atoms with E-state index in [1.165, 1.54) is 10.9 Å². The normalized spacial score (nSPS) is 21.0. The van der Waals surface area contributed by atoms with Crippen LogP contribution in [-0.2, 0) is 17.7 Å². The summed E-state index contributed by atoms with van der Waals surface area (Å²) in [5, 5.41) is 1.22. The molecule has 4 heterocycles. The number of ether oxygens (including phenoxy) is 1. The van der Waals surface area contributed by atoms with Gasteiger partial charge < -0.3 is 14.5 Å². The number of benzene rings is 1. The SMILES string of the molecule is CN1CCN(Cc2ccnc(N3CCOCC3)n2)C[C@H](Cc2cccc3cccnc23)C1. The van der Waals surface area contributed by atoms with Crippen LogP contribution < -0.4 is 4.90 Å². The maximum absolute atomic E-state index is 5.47. The van der Waals surface area contributed by atoms with Gasteiger partial charge in [0, 0.05) is 63.6 Å². The number of pyridine rings is 1. The second-order valence-corrected chi connectivity index (χ2v) is 9.01. The van der Waals surface area contributed by atoms with Crippen molar-refractivity contribution in [2.75, 3.05) is 64.4 Å². The highest BCUT2D eigenvalue weighted by Gasteiger charge is 2.23. The van der Waals surface area contributed by atoms with Crippen molar-refractivity contribution in [2.24, 2.45) is 5.92 Å². The Morgan fingerprint density at radius 3 is 2.72 bits per heavy atom. The van der Waals surface area contributed by atoms with Crippen LogP contribution >= 0.6 is 0 Å². The molecule has 0 unspecified atom stereocenters. The molecular weight excluding hydrogens is 400 g/mol. The highest BCUT2D eigenvalue weighted by atomic mass is 16.5. The molecule has 1 aromatic carbocycles. The number of rotatable bonds is 5. The summed E-state index contributed by atoms with van der Waals surface area (Å²) in [6.07, 6.45) is 4.84. The average Bonchev–Trinajstić information content (AvgIpc) is 3.00. The largest absolute Gasteiger partial charge is 0.378 e. The molecule has 2 aliphatic rings. The zero-order chi connectivity index (χ0) is 21.8. The first-order valence-electron chi connectivity index (χ1n) is 11.6. The summed E-state index contributed by atoms with van der Waals surface area (Å²) in [6.45, 7) is 8.36. The summed E-state index contributed by atoms with van der Waals surface area (Å²) in [5.41, 5.74) is 3.58. The number of para-hydroxylation sites is 1. The van der Waals surface area contributed by atoms with Crippen molar-refractivity contribution >= 4 is 16.9 Å². The molecule has 1 atom stereocenters. The maximum Gasteiger partial charge on any atom is 0.225 e. The Morgan fingerprint density at radius 1 is 0.938 bits per heavy atom. The van der Waals surface area contributed by atoms with Crippen molar-refractivity contribution < 1.29 is 4.74 Å². The van der Waals surface area contributed by atoms with Crippen LogP contribution in [0.15, 0.2) is 48.8 Å². The number of fused-ring (bicyclic) bond motifs is 1. The van der Waals surface area contributed by atoms with Gasteiger partial charge in [-0.05, 0) is 37.1 Å². The number of hydrogen-bond acceptors (Lipinski definition) is 7. The molecule has 5 rings (SSSR count). The van der Waals surface area contributed by atoms with Gasteiger partial charge in [-0.15, -0.1) is 0 Å². The summed E-state index contributed by atoms with van der Waals surface area (Å²) in [5.74, 6) is 1.38. The second-order valence-electron chi connectivity index (χ2n) is 9.01. The Balaban J connectivity index is 1.30. The molecule has 32 heavy (non-hydrogen) atoms. The third-order valence-electron chi connectivity index (χ3n) is 6.49. The van der Waals surface area contributed by atoms with Crippen LogP contribution in [0.2, 0.25) is 0 Å². The van der Waals surface area contributed by atoms with Crippen LogP contribution in [0.25, 0.3) is 10.9 Å². The highest BCUT2D eigenvalue weighted by molar-refractivity contribution is 5.81. The smallest absolute Gasteiger partial charge is 0.225 e. The number of aromatic nitrogens is 3. The van der Waals surface area contributed by atoms with Crippen molar-refractivity contribution in [1.82, 2.24) is 24.8 Å². The van der Waals surface area contributed by atoms with Crippen LogP contribution in [-0.4, -0.2) is 84.3 Å². The van der Waals surface area contributed by atoms with E-state index in [9.17, 15) is 0 Å². The quantitative estimate of drug-likeness (QED) is 0.614. The van der Waals surface area contributed by atoms with Gasteiger partial charge in [-0.2, -0.15) is 0 Å². The van der Waals surface area contributed by atoms with Gasteiger partial charge in [0.2, 0.25) is 5.95 Å². The van der Waals surface area contributed by atoms with E-state index in [1.54, 1.807) is 0 Å². The van der Waals surface area contributed by atoms with Gasteiger partial charge in [0.25, 0.3) is 0 Å². The zero-order valence-electron chi connectivity index (χ0n) is 18.9. The average molecular weight is 433 g/mol. The minimum atomic E-state index is 0.552. The molecule has 3 aromatic rings. The van der Waals surface area contributed by atoms with Gasteiger partial charge in [0.05, 0.1) is 24.4 Å². The van der Waals surface area contributed by atoms with Crippen LogP contribution in [0.1, 0.15) is 11.3 Å². The molecule has 0 saturated carbocycles. The first kappa shape index (κ1) is 21.2. The molecule has 7 heteroatoms. The van der Waals surface area contributed by atoms with E-state index in [0.29, 0.717) is 5.92 Å². The third kappa shape index (κ3) is 5.06. The highest BCUT2D eigenvalue weighted by Crippen LogP contribution is 2.22. The lowest BCUT2D eigenvalue weighted by Crippen LogP contribution is -2.37. The summed E-state index contributed by atoms with van der Waals surface area (Å²) >= 11 is 0. The fourth-order valence-corrected chi connectivity index (χ4v) is 4.89. The fraction of sp³-hybridized carbons (Fsp3) is 0.480. The van der Waals surface area contributed by atoms with E-state index in [0.717, 1.165) is 82.6 Å². The molecule has 0 amide bonds. The Labute approximate surface area is 190 Å². The summed E-state index contributed by atoms with van der Waals surface area (Å²) in [7, 11) is 2.24. The minimum absolute atomic E-state index is 0.552. The predicted molar refractivity (Wildman–Crippen MR) is 127 cm³/mol. The lowest BCUT2D eigenvalue weighted by atomic mass is 9.96. The van der Waals surface area contributed by atoms with E-state index >= 15 is 0 Å². The third-order valence-corrected chi connectivity index (χ3v) is 6.49. The van der Waals surface area contributed by atoms with Crippen LogP contribution in [0, 0.1) is 5.92 Å². The number of hydrogen-bond donors (Lipinski definition) is 0. The Morgan fingerprint density at radius 2 is 1.81 bits per heavy atom. The van der Waals surface area contributed by atoms with Gasteiger partial charge in [-0.1, -0.05) is 24.3 Å². The second kappa shape index (κ2) is 9.90. The van der Waals surface area contributed by atoms with Gasteiger partial charge in [-0.3, -0.25) is 9.88 Å². The number of nitrogens with zero attached hydrogens (tertiary/aromatic N) is 6. The Bertz CT molecular complexity index is 1030. The van der Waals surface area contributed by atoms with Crippen molar-refractivity contribution in [3.8, 4) is 0 Å². The number of anilines is 1. The Hall–Kier alpha value is -2.61. The van der Waals surface area contributed by atoms with E-state index < -0.39 is 0 Å². The van der Waals surface area contributed by atoms with Gasteiger partial charge in [0.1, 0.15) is 0 Å². The first-order chi connectivity index (χ1) is 15.7. The monoisotopic (exact) mass is 432 g/mol. The summed E-state index contributed by atoms with van der Waals surface area (Å²) in [6, 6.07) is 12.8.